The second kappa shape index (κ2) is 8.99. The first-order valence-electron chi connectivity index (χ1n) is 9.47. The lowest BCUT2D eigenvalue weighted by Gasteiger charge is -2.36. The van der Waals surface area contributed by atoms with E-state index in [9.17, 15) is 14.6 Å². The van der Waals surface area contributed by atoms with Crippen molar-refractivity contribution >= 4 is 5.69 Å². The highest BCUT2D eigenvalue weighted by Gasteiger charge is 2.20. The number of unbranched alkanes of at least 4 members (excludes halogenated alkanes) is 2. The van der Waals surface area contributed by atoms with Crippen molar-refractivity contribution in [3.63, 3.8) is 0 Å². The number of aromatic hydroxyl groups is 2. The van der Waals surface area contributed by atoms with Crippen LogP contribution in [-0.4, -0.2) is 59.5 Å². The molecule has 0 atom stereocenters. The standard InChI is InChI=1S/C20H28FN3O3/c1-27-18-6-5-16(21)15-17(18)23-13-11-22(12-14-23)9-3-2-4-10-24-19(25)7-8-20(24)26/h5-8,15,25-26H,2-4,9-14H2,1H3. The van der Waals surface area contributed by atoms with E-state index in [-0.39, 0.29) is 17.6 Å². The average Bonchev–Trinajstić information content (AvgIpc) is 3.00. The topological polar surface area (TPSA) is 61.1 Å². The van der Waals surface area contributed by atoms with Crippen molar-refractivity contribution in [2.75, 3.05) is 44.7 Å². The number of ether oxygens (including phenoxy) is 1. The molecular weight excluding hydrogens is 349 g/mol. The number of piperazine rings is 1. The summed E-state index contributed by atoms with van der Waals surface area (Å²) in [6.45, 7) is 5.24. The van der Waals surface area contributed by atoms with Crippen LogP contribution < -0.4 is 9.64 Å². The molecule has 1 aromatic heterocycles. The van der Waals surface area contributed by atoms with Gasteiger partial charge >= 0.3 is 0 Å². The SMILES string of the molecule is COc1ccc(F)cc1N1CCN(CCCCCn2c(O)ccc2O)CC1. The minimum absolute atomic E-state index is 0.108. The van der Waals surface area contributed by atoms with Crippen LogP contribution in [0.25, 0.3) is 0 Å². The highest BCUT2D eigenvalue weighted by atomic mass is 19.1. The zero-order valence-electron chi connectivity index (χ0n) is 15.8. The summed E-state index contributed by atoms with van der Waals surface area (Å²) >= 11 is 0. The van der Waals surface area contributed by atoms with Gasteiger partial charge in [0.15, 0.2) is 11.8 Å². The van der Waals surface area contributed by atoms with Crippen LogP contribution in [-0.2, 0) is 6.54 Å². The molecule has 6 nitrogen and oxygen atoms in total. The molecule has 7 heteroatoms. The van der Waals surface area contributed by atoms with E-state index in [4.69, 9.17) is 4.74 Å². The summed E-state index contributed by atoms with van der Waals surface area (Å²) in [5.41, 5.74) is 0.823. The van der Waals surface area contributed by atoms with Gasteiger partial charge in [0.25, 0.3) is 0 Å². The number of methoxy groups -OCH3 is 1. The fourth-order valence-corrected chi connectivity index (χ4v) is 3.58. The van der Waals surface area contributed by atoms with Crippen molar-refractivity contribution in [1.29, 1.82) is 0 Å². The van der Waals surface area contributed by atoms with E-state index in [0.717, 1.165) is 57.7 Å². The van der Waals surface area contributed by atoms with Crippen LogP contribution in [0.15, 0.2) is 30.3 Å². The number of hydrogen-bond donors (Lipinski definition) is 2. The minimum Gasteiger partial charge on any atom is -0.495 e. The van der Waals surface area contributed by atoms with Crippen LogP contribution in [0, 0.1) is 5.82 Å². The minimum atomic E-state index is -0.243. The third-order valence-electron chi connectivity index (χ3n) is 5.14. The van der Waals surface area contributed by atoms with Gasteiger partial charge in [-0.2, -0.15) is 0 Å². The van der Waals surface area contributed by atoms with Crippen LogP contribution in [0.2, 0.25) is 0 Å². The van der Waals surface area contributed by atoms with Crippen LogP contribution in [0.5, 0.6) is 17.5 Å². The molecule has 1 fully saturated rings. The molecule has 1 aliphatic heterocycles. The number of aromatic nitrogens is 1. The second-order valence-electron chi connectivity index (χ2n) is 6.91. The molecule has 0 spiro atoms. The monoisotopic (exact) mass is 377 g/mol. The van der Waals surface area contributed by atoms with E-state index in [1.807, 2.05) is 0 Å². The first-order valence-corrected chi connectivity index (χ1v) is 9.47. The van der Waals surface area contributed by atoms with E-state index in [2.05, 4.69) is 9.80 Å². The maximum absolute atomic E-state index is 13.6. The number of halogens is 1. The van der Waals surface area contributed by atoms with Crippen molar-refractivity contribution in [3.8, 4) is 17.5 Å². The summed E-state index contributed by atoms with van der Waals surface area (Å²) in [5.74, 6) is 0.683. The predicted molar refractivity (Wildman–Crippen MR) is 103 cm³/mol. The third kappa shape index (κ3) is 4.86. The highest BCUT2D eigenvalue weighted by Crippen LogP contribution is 2.29. The van der Waals surface area contributed by atoms with Crippen molar-refractivity contribution in [3.05, 3.63) is 36.1 Å². The lowest BCUT2D eigenvalue weighted by Crippen LogP contribution is -2.46. The van der Waals surface area contributed by atoms with Crippen molar-refractivity contribution in [2.45, 2.75) is 25.8 Å². The van der Waals surface area contributed by atoms with E-state index in [0.29, 0.717) is 12.3 Å². The van der Waals surface area contributed by atoms with Crippen LogP contribution >= 0.6 is 0 Å². The lowest BCUT2D eigenvalue weighted by molar-refractivity contribution is 0.250. The van der Waals surface area contributed by atoms with Crippen LogP contribution in [0.4, 0.5) is 10.1 Å². The molecule has 27 heavy (non-hydrogen) atoms. The van der Waals surface area contributed by atoms with E-state index >= 15 is 0 Å². The molecule has 1 saturated heterocycles. The zero-order valence-corrected chi connectivity index (χ0v) is 15.8. The summed E-state index contributed by atoms with van der Waals surface area (Å²) in [5, 5.41) is 19.2. The first-order chi connectivity index (χ1) is 13.1. The van der Waals surface area contributed by atoms with Crippen LogP contribution in [0.1, 0.15) is 19.3 Å². The van der Waals surface area contributed by atoms with Gasteiger partial charge in [0.05, 0.1) is 12.8 Å². The molecule has 0 saturated carbocycles. The van der Waals surface area contributed by atoms with Gasteiger partial charge in [-0.1, -0.05) is 6.42 Å². The largest absolute Gasteiger partial charge is 0.495 e. The first kappa shape index (κ1) is 19.4. The maximum atomic E-state index is 13.6. The number of benzene rings is 1. The van der Waals surface area contributed by atoms with Gasteiger partial charge in [0, 0.05) is 50.9 Å². The van der Waals surface area contributed by atoms with Crippen LogP contribution in [0.3, 0.4) is 0 Å². The summed E-state index contributed by atoms with van der Waals surface area (Å²) in [6, 6.07) is 7.65. The molecule has 0 radical (unpaired) electrons. The predicted octanol–water partition coefficient (Wildman–Crippen LogP) is 3.04. The van der Waals surface area contributed by atoms with E-state index in [1.54, 1.807) is 19.2 Å². The Bertz CT molecular complexity index is 723. The smallest absolute Gasteiger partial charge is 0.193 e. The summed E-state index contributed by atoms with van der Waals surface area (Å²) in [4.78, 5) is 4.60. The molecule has 2 N–H and O–H groups in total. The Morgan fingerprint density at radius 2 is 1.59 bits per heavy atom. The van der Waals surface area contributed by atoms with Crippen molar-refractivity contribution in [1.82, 2.24) is 9.47 Å². The Labute approximate surface area is 159 Å². The Hall–Kier alpha value is -2.41. The number of nitrogens with zero attached hydrogens (tertiary/aromatic N) is 3. The Kier molecular flexibility index (Phi) is 6.45. The molecule has 0 unspecified atom stereocenters. The molecule has 3 rings (SSSR count). The van der Waals surface area contributed by atoms with E-state index in [1.165, 1.54) is 22.8 Å². The van der Waals surface area contributed by atoms with Gasteiger partial charge in [-0.3, -0.25) is 9.47 Å². The van der Waals surface area contributed by atoms with E-state index < -0.39 is 0 Å². The lowest BCUT2D eigenvalue weighted by atomic mass is 10.2. The van der Waals surface area contributed by atoms with Gasteiger partial charge in [0.1, 0.15) is 11.6 Å². The molecule has 148 valence electrons. The van der Waals surface area contributed by atoms with Crippen molar-refractivity contribution < 1.29 is 19.3 Å². The molecule has 2 aromatic rings. The third-order valence-corrected chi connectivity index (χ3v) is 5.14. The number of hydrogen-bond acceptors (Lipinski definition) is 5. The Morgan fingerprint density at radius 3 is 2.26 bits per heavy atom. The summed E-state index contributed by atoms with van der Waals surface area (Å²) in [6.07, 6.45) is 3.03. The van der Waals surface area contributed by atoms with Gasteiger partial charge in [-0.25, -0.2) is 4.39 Å². The van der Waals surface area contributed by atoms with Crippen molar-refractivity contribution in [2.24, 2.45) is 0 Å². The number of anilines is 1. The van der Waals surface area contributed by atoms with Gasteiger partial charge in [-0.05, 0) is 31.5 Å². The maximum Gasteiger partial charge on any atom is 0.193 e. The molecule has 0 aliphatic carbocycles. The average molecular weight is 377 g/mol. The zero-order chi connectivity index (χ0) is 19.2. The molecular formula is C20H28FN3O3. The molecule has 2 heterocycles. The fraction of sp³-hybridized carbons (Fsp3) is 0.500. The van der Waals surface area contributed by atoms with Gasteiger partial charge in [-0.15, -0.1) is 0 Å². The Balaban J connectivity index is 1.38. The number of rotatable bonds is 8. The normalized spacial score (nSPS) is 15.3. The molecule has 1 aromatic carbocycles. The quantitative estimate of drug-likeness (QED) is 0.693. The Morgan fingerprint density at radius 1 is 0.926 bits per heavy atom. The highest BCUT2D eigenvalue weighted by molar-refractivity contribution is 5.59. The van der Waals surface area contributed by atoms with Gasteiger partial charge < -0.3 is 19.8 Å². The summed E-state index contributed by atoms with van der Waals surface area (Å²) < 4.78 is 20.5. The fourth-order valence-electron chi connectivity index (χ4n) is 3.58. The molecule has 0 bridgehead atoms. The second-order valence-corrected chi connectivity index (χ2v) is 6.91. The van der Waals surface area contributed by atoms with Gasteiger partial charge in [0.2, 0.25) is 0 Å². The molecule has 1 aliphatic rings. The summed E-state index contributed by atoms with van der Waals surface area (Å²) in [7, 11) is 1.61. The molecule has 0 amide bonds.